The van der Waals surface area contributed by atoms with Gasteiger partial charge in [0.1, 0.15) is 12.4 Å². The van der Waals surface area contributed by atoms with E-state index in [0.717, 1.165) is 6.07 Å². The number of alkyl halides is 3. The first-order chi connectivity index (χ1) is 12.7. The smallest absolute Gasteiger partial charge is 0.418 e. The summed E-state index contributed by atoms with van der Waals surface area (Å²) in [6.45, 7) is 2.35. The number of rotatable bonds is 7. The Labute approximate surface area is 160 Å². The van der Waals surface area contributed by atoms with Gasteiger partial charge >= 0.3 is 6.18 Å². The summed E-state index contributed by atoms with van der Waals surface area (Å²) in [5, 5.41) is 2.96. The van der Waals surface area contributed by atoms with Crippen molar-refractivity contribution in [1.82, 2.24) is 4.90 Å². The highest BCUT2D eigenvalue weighted by atomic mass is 35.5. The first-order valence-electron chi connectivity index (χ1n) is 8.24. The van der Waals surface area contributed by atoms with Crippen LogP contribution in [0.15, 0.2) is 48.5 Å². The van der Waals surface area contributed by atoms with Crippen LogP contribution in [0.1, 0.15) is 12.5 Å². The molecule has 0 aliphatic rings. The van der Waals surface area contributed by atoms with E-state index >= 15 is 0 Å². The Kier molecular flexibility index (Phi) is 7.10. The minimum atomic E-state index is -4.54. The third-order valence-corrected chi connectivity index (χ3v) is 4.31. The van der Waals surface area contributed by atoms with Gasteiger partial charge in [-0.25, -0.2) is 0 Å². The minimum Gasteiger partial charge on any atom is -0.492 e. The fourth-order valence-electron chi connectivity index (χ4n) is 2.31. The molecular formula is C19H20ClF3N2O2. The van der Waals surface area contributed by atoms with Crippen LogP contribution in [0.25, 0.3) is 0 Å². The third kappa shape index (κ3) is 6.15. The summed E-state index contributed by atoms with van der Waals surface area (Å²) in [6.07, 6.45) is -4.54. The van der Waals surface area contributed by atoms with Gasteiger partial charge in [0.15, 0.2) is 0 Å². The first kappa shape index (κ1) is 21.1. The second kappa shape index (κ2) is 9.10. The standard InChI is InChI=1S/C19H20ClF3N2O2/c1-13(25(2)11-12-27-15-9-7-14(20)8-10-15)18(26)24-17-6-4-3-5-16(17)19(21,22)23/h3-10,13H,11-12H2,1-2H3,(H,24,26)/t13-/m0/s1. The molecule has 8 heteroatoms. The fraction of sp³-hybridized carbons (Fsp3) is 0.316. The molecule has 4 nitrogen and oxygen atoms in total. The van der Waals surface area contributed by atoms with Gasteiger partial charge in [-0.15, -0.1) is 0 Å². The van der Waals surface area contributed by atoms with E-state index in [9.17, 15) is 18.0 Å². The van der Waals surface area contributed by atoms with Gasteiger partial charge in [0.05, 0.1) is 17.3 Å². The molecule has 2 aromatic rings. The third-order valence-electron chi connectivity index (χ3n) is 4.06. The first-order valence-corrected chi connectivity index (χ1v) is 8.62. The maximum atomic E-state index is 13.0. The van der Waals surface area contributed by atoms with Crippen molar-refractivity contribution in [2.75, 3.05) is 25.5 Å². The number of benzene rings is 2. The van der Waals surface area contributed by atoms with Crippen molar-refractivity contribution < 1.29 is 22.7 Å². The maximum absolute atomic E-state index is 13.0. The number of nitrogens with zero attached hydrogens (tertiary/aromatic N) is 1. The minimum absolute atomic E-state index is 0.257. The molecule has 0 aliphatic heterocycles. The molecule has 0 saturated carbocycles. The molecule has 0 fully saturated rings. The zero-order chi connectivity index (χ0) is 20.0. The molecule has 146 valence electrons. The Morgan fingerprint density at radius 3 is 2.44 bits per heavy atom. The summed E-state index contributed by atoms with van der Waals surface area (Å²) in [4.78, 5) is 14.0. The van der Waals surface area contributed by atoms with E-state index in [-0.39, 0.29) is 5.69 Å². The molecule has 2 aromatic carbocycles. The van der Waals surface area contributed by atoms with Crippen molar-refractivity contribution in [3.8, 4) is 5.75 Å². The highest BCUT2D eigenvalue weighted by Crippen LogP contribution is 2.34. The summed E-state index contributed by atoms with van der Waals surface area (Å²) in [6, 6.07) is 11.1. The molecule has 2 rings (SSSR count). The van der Waals surface area contributed by atoms with Crippen LogP contribution in [0.3, 0.4) is 0 Å². The van der Waals surface area contributed by atoms with Crippen molar-refractivity contribution in [3.63, 3.8) is 0 Å². The van der Waals surface area contributed by atoms with Crippen molar-refractivity contribution in [2.24, 2.45) is 0 Å². The number of anilines is 1. The summed E-state index contributed by atoms with van der Waals surface area (Å²) < 4.78 is 44.6. The number of amides is 1. The van der Waals surface area contributed by atoms with Gasteiger partial charge in [-0.1, -0.05) is 23.7 Å². The normalized spacial score (nSPS) is 12.7. The zero-order valence-corrected chi connectivity index (χ0v) is 15.6. The number of hydrogen-bond donors (Lipinski definition) is 1. The van der Waals surface area contributed by atoms with Gasteiger partial charge in [-0.3, -0.25) is 9.69 Å². The van der Waals surface area contributed by atoms with Crippen LogP contribution in [0, 0.1) is 0 Å². The van der Waals surface area contributed by atoms with Crippen LogP contribution in [-0.2, 0) is 11.0 Å². The summed E-state index contributed by atoms with van der Waals surface area (Å²) >= 11 is 5.80. The van der Waals surface area contributed by atoms with Crippen LogP contribution < -0.4 is 10.1 Å². The van der Waals surface area contributed by atoms with Gasteiger partial charge in [0.2, 0.25) is 5.91 Å². The zero-order valence-electron chi connectivity index (χ0n) is 14.9. The lowest BCUT2D eigenvalue weighted by Gasteiger charge is -2.24. The average Bonchev–Trinajstić information content (AvgIpc) is 2.62. The van der Waals surface area contributed by atoms with Crippen molar-refractivity contribution in [1.29, 1.82) is 0 Å². The van der Waals surface area contributed by atoms with Crippen molar-refractivity contribution in [2.45, 2.75) is 19.1 Å². The summed E-state index contributed by atoms with van der Waals surface area (Å²) in [5.74, 6) is 0.115. The second-order valence-electron chi connectivity index (χ2n) is 5.99. The number of carbonyl (C=O) groups excluding carboxylic acids is 1. The van der Waals surface area contributed by atoms with E-state index in [1.54, 1.807) is 43.1 Å². The topological polar surface area (TPSA) is 41.6 Å². The van der Waals surface area contributed by atoms with Gasteiger partial charge in [0, 0.05) is 11.6 Å². The Balaban J connectivity index is 1.90. The molecule has 0 aromatic heterocycles. The lowest BCUT2D eigenvalue weighted by atomic mass is 10.1. The van der Waals surface area contributed by atoms with Crippen molar-refractivity contribution >= 4 is 23.2 Å². The predicted octanol–water partition coefficient (Wildman–Crippen LogP) is 4.70. The van der Waals surface area contributed by atoms with Gasteiger partial charge < -0.3 is 10.1 Å². The number of halogens is 4. The van der Waals surface area contributed by atoms with E-state index in [2.05, 4.69) is 5.32 Å². The number of para-hydroxylation sites is 1. The molecule has 1 N–H and O–H groups in total. The number of likely N-dealkylation sites (N-methyl/N-ethyl adjacent to an activating group) is 1. The Hall–Kier alpha value is -2.25. The van der Waals surface area contributed by atoms with Gasteiger partial charge in [-0.2, -0.15) is 13.2 Å². The maximum Gasteiger partial charge on any atom is 0.418 e. The largest absolute Gasteiger partial charge is 0.492 e. The van der Waals surface area contributed by atoms with E-state index < -0.39 is 23.7 Å². The SMILES string of the molecule is C[C@@H](C(=O)Nc1ccccc1C(F)(F)F)N(C)CCOc1ccc(Cl)cc1. The average molecular weight is 401 g/mol. The second-order valence-corrected chi connectivity index (χ2v) is 6.43. The van der Waals surface area contributed by atoms with Gasteiger partial charge in [0.25, 0.3) is 0 Å². The molecule has 0 heterocycles. The monoisotopic (exact) mass is 400 g/mol. The molecular weight excluding hydrogens is 381 g/mol. The number of ether oxygens (including phenoxy) is 1. The summed E-state index contributed by atoms with van der Waals surface area (Å²) in [5.41, 5.74) is -1.13. The molecule has 0 bridgehead atoms. The molecule has 0 spiro atoms. The summed E-state index contributed by atoms with van der Waals surface area (Å²) in [7, 11) is 1.70. The highest BCUT2D eigenvalue weighted by Gasteiger charge is 2.34. The van der Waals surface area contributed by atoms with Crippen LogP contribution in [-0.4, -0.2) is 37.0 Å². The van der Waals surface area contributed by atoms with Gasteiger partial charge in [-0.05, 0) is 50.4 Å². The quantitative estimate of drug-likeness (QED) is 0.732. The van der Waals surface area contributed by atoms with E-state index in [4.69, 9.17) is 16.3 Å². The lowest BCUT2D eigenvalue weighted by molar-refractivity contribution is -0.137. The Morgan fingerprint density at radius 1 is 1.19 bits per heavy atom. The number of nitrogens with one attached hydrogen (secondary N) is 1. The molecule has 0 aliphatic carbocycles. The lowest BCUT2D eigenvalue weighted by Crippen LogP contribution is -2.41. The van der Waals surface area contributed by atoms with E-state index in [1.807, 2.05) is 0 Å². The predicted molar refractivity (Wildman–Crippen MR) is 99.1 cm³/mol. The molecule has 0 saturated heterocycles. The molecule has 1 amide bonds. The van der Waals surface area contributed by atoms with Crippen LogP contribution in [0.5, 0.6) is 5.75 Å². The van der Waals surface area contributed by atoms with E-state index in [0.29, 0.717) is 23.9 Å². The number of hydrogen-bond acceptors (Lipinski definition) is 3. The van der Waals surface area contributed by atoms with Crippen LogP contribution in [0.2, 0.25) is 5.02 Å². The highest BCUT2D eigenvalue weighted by molar-refractivity contribution is 6.30. The fourth-order valence-corrected chi connectivity index (χ4v) is 2.43. The molecule has 27 heavy (non-hydrogen) atoms. The molecule has 0 radical (unpaired) electrons. The Bertz CT molecular complexity index is 766. The van der Waals surface area contributed by atoms with Crippen molar-refractivity contribution in [3.05, 3.63) is 59.1 Å². The molecule has 0 unspecified atom stereocenters. The van der Waals surface area contributed by atoms with Crippen LogP contribution >= 0.6 is 11.6 Å². The van der Waals surface area contributed by atoms with E-state index in [1.165, 1.54) is 18.2 Å². The molecule has 1 atom stereocenters. The number of carbonyl (C=O) groups is 1. The van der Waals surface area contributed by atoms with Crippen LogP contribution in [0.4, 0.5) is 18.9 Å². The Morgan fingerprint density at radius 2 is 1.81 bits per heavy atom.